The van der Waals surface area contributed by atoms with E-state index in [4.69, 9.17) is 4.74 Å². The fourth-order valence-electron chi connectivity index (χ4n) is 1.55. The molecule has 0 unspecified atom stereocenters. The van der Waals surface area contributed by atoms with Crippen molar-refractivity contribution >= 4 is 16.1 Å². The van der Waals surface area contributed by atoms with E-state index in [0.29, 0.717) is 23.3 Å². The molecule has 0 N–H and O–H groups in total. The Labute approximate surface area is 111 Å². The van der Waals surface area contributed by atoms with Gasteiger partial charge in [0.1, 0.15) is 11.5 Å². The van der Waals surface area contributed by atoms with Gasteiger partial charge in [0.15, 0.2) is 16.1 Å². The van der Waals surface area contributed by atoms with E-state index in [1.165, 1.54) is 12.1 Å². The van der Waals surface area contributed by atoms with Gasteiger partial charge in [0, 0.05) is 6.26 Å². The maximum Gasteiger partial charge on any atom is 0.175 e. The molecule has 0 aromatic heterocycles. The normalized spacial score (nSPS) is 11.0. The molecule has 0 saturated heterocycles. The molecule has 0 aliphatic rings. The highest BCUT2D eigenvalue weighted by atomic mass is 32.2. The molecule has 0 spiro atoms. The van der Waals surface area contributed by atoms with Crippen molar-refractivity contribution in [3.63, 3.8) is 0 Å². The second-order valence-corrected chi connectivity index (χ2v) is 6.02. The number of benzene rings is 2. The van der Waals surface area contributed by atoms with Crippen LogP contribution in [-0.2, 0) is 9.84 Å². The lowest BCUT2D eigenvalue weighted by molar-refractivity contribution is 0.112. The van der Waals surface area contributed by atoms with E-state index >= 15 is 0 Å². The zero-order valence-electron chi connectivity index (χ0n) is 10.2. The molecule has 4 nitrogen and oxygen atoms in total. The maximum atomic E-state index is 11.3. The zero-order valence-corrected chi connectivity index (χ0v) is 11.1. The third kappa shape index (κ3) is 3.20. The van der Waals surface area contributed by atoms with E-state index in [9.17, 15) is 13.2 Å². The van der Waals surface area contributed by atoms with Crippen LogP contribution in [-0.4, -0.2) is 21.0 Å². The minimum Gasteiger partial charge on any atom is -0.457 e. The lowest BCUT2D eigenvalue weighted by atomic mass is 10.2. The van der Waals surface area contributed by atoms with Crippen molar-refractivity contribution in [2.45, 2.75) is 4.90 Å². The summed E-state index contributed by atoms with van der Waals surface area (Å²) in [5, 5.41) is 0. The molecule has 98 valence electrons. The van der Waals surface area contributed by atoms with Gasteiger partial charge in [-0.25, -0.2) is 8.42 Å². The number of sulfone groups is 1. The summed E-state index contributed by atoms with van der Waals surface area (Å²) < 4.78 is 28.2. The summed E-state index contributed by atoms with van der Waals surface area (Å²) in [5.41, 5.74) is 0.440. The van der Waals surface area contributed by atoms with Gasteiger partial charge in [0.2, 0.25) is 0 Å². The molecule has 19 heavy (non-hydrogen) atoms. The Balaban J connectivity index is 2.27. The first-order valence-corrected chi connectivity index (χ1v) is 7.42. The molecule has 0 bridgehead atoms. The summed E-state index contributed by atoms with van der Waals surface area (Å²) in [6.07, 6.45) is 1.85. The third-order valence-electron chi connectivity index (χ3n) is 2.53. The van der Waals surface area contributed by atoms with Crippen LogP contribution < -0.4 is 4.74 Å². The van der Waals surface area contributed by atoms with Crippen LogP contribution in [0.2, 0.25) is 0 Å². The van der Waals surface area contributed by atoms with Crippen LogP contribution in [0.1, 0.15) is 10.4 Å². The van der Waals surface area contributed by atoms with Gasteiger partial charge >= 0.3 is 0 Å². The van der Waals surface area contributed by atoms with Crippen LogP contribution in [0, 0.1) is 0 Å². The summed E-state index contributed by atoms with van der Waals surface area (Å²) in [5.74, 6) is 0.909. The molecule has 0 fully saturated rings. The fraction of sp³-hybridized carbons (Fsp3) is 0.0714. The highest BCUT2D eigenvalue weighted by Gasteiger charge is 2.08. The molecular weight excluding hydrogens is 264 g/mol. The molecule has 0 heterocycles. The van der Waals surface area contributed by atoms with Crippen molar-refractivity contribution in [3.8, 4) is 11.5 Å². The molecule has 0 aliphatic carbocycles. The molecule has 0 atom stereocenters. The Kier molecular flexibility index (Phi) is 3.66. The SMILES string of the molecule is CS(=O)(=O)c1ccc(Oc2ccccc2C=O)cc1. The zero-order chi connectivity index (χ0) is 13.9. The Morgan fingerprint density at radius 2 is 1.63 bits per heavy atom. The predicted octanol–water partition coefficient (Wildman–Crippen LogP) is 2.69. The Bertz CT molecular complexity index is 688. The van der Waals surface area contributed by atoms with Crippen molar-refractivity contribution < 1.29 is 17.9 Å². The number of hydrogen-bond donors (Lipinski definition) is 0. The molecule has 2 rings (SSSR count). The number of aldehydes is 1. The topological polar surface area (TPSA) is 60.4 Å². The minimum absolute atomic E-state index is 0.225. The smallest absolute Gasteiger partial charge is 0.175 e. The van der Waals surface area contributed by atoms with Crippen LogP contribution in [0.3, 0.4) is 0 Å². The first-order chi connectivity index (χ1) is 9.00. The average Bonchev–Trinajstić information content (AvgIpc) is 2.39. The number of carbonyl (C=O) groups is 1. The van der Waals surface area contributed by atoms with Gasteiger partial charge in [-0.15, -0.1) is 0 Å². The van der Waals surface area contributed by atoms with Gasteiger partial charge in [0.25, 0.3) is 0 Å². The van der Waals surface area contributed by atoms with Crippen molar-refractivity contribution in [1.82, 2.24) is 0 Å². The summed E-state index contributed by atoms with van der Waals surface area (Å²) >= 11 is 0. The van der Waals surface area contributed by atoms with Crippen LogP contribution in [0.4, 0.5) is 0 Å². The van der Waals surface area contributed by atoms with E-state index in [1.807, 2.05) is 0 Å². The van der Waals surface area contributed by atoms with Crippen molar-refractivity contribution in [2.75, 3.05) is 6.26 Å². The second-order valence-electron chi connectivity index (χ2n) is 4.00. The van der Waals surface area contributed by atoms with E-state index in [1.54, 1.807) is 36.4 Å². The van der Waals surface area contributed by atoms with Crippen LogP contribution in [0.25, 0.3) is 0 Å². The molecule has 0 aliphatic heterocycles. The van der Waals surface area contributed by atoms with E-state index in [-0.39, 0.29) is 4.90 Å². The number of rotatable bonds is 4. The Hall–Kier alpha value is -2.14. The van der Waals surface area contributed by atoms with Gasteiger partial charge in [-0.3, -0.25) is 4.79 Å². The summed E-state index contributed by atoms with van der Waals surface area (Å²) in [4.78, 5) is 11.1. The standard InChI is InChI=1S/C14H12O4S/c1-19(16,17)13-8-6-12(7-9-13)18-14-5-3-2-4-11(14)10-15/h2-10H,1H3. The molecular formula is C14H12O4S. The van der Waals surface area contributed by atoms with Crippen LogP contribution in [0.15, 0.2) is 53.4 Å². The van der Waals surface area contributed by atoms with Crippen LogP contribution >= 0.6 is 0 Å². The lowest BCUT2D eigenvalue weighted by Gasteiger charge is -2.08. The Morgan fingerprint density at radius 1 is 1.00 bits per heavy atom. The summed E-state index contributed by atoms with van der Waals surface area (Å²) in [7, 11) is -3.22. The Morgan fingerprint density at radius 3 is 2.21 bits per heavy atom. The first-order valence-electron chi connectivity index (χ1n) is 5.53. The van der Waals surface area contributed by atoms with Gasteiger partial charge in [0.05, 0.1) is 10.5 Å². The number of ether oxygens (including phenoxy) is 1. The monoisotopic (exact) mass is 276 g/mol. The largest absolute Gasteiger partial charge is 0.457 e. The minimum atomic E-state index is -3.22. The molecule has 0 saturated carbocycles. The van der Waals surface area contributed by atoms with Crippen molar-refractivity contribution in [3.05, 3.63) is 54.1 Å². The second kappa shape index (κ2) is 5.24. The molecule has 5 heteroatoms. The molecule has 2 aromatic carbocycles. The highest BCUT2D eigenvalue weighted by molar-refractivity contribution is 7.90. The number of hydrogen-bond acceptors (Lipinski definition) is 4. The van der Waals surface area contributed by atoms with Gasteiger partial charge in [-0.1, -0.05) is 12.1 Å². The molecule has 0 radical (unpaired) electrons. The lowest BCUT2D eigenvalue weighted by Crippen LogP contribution is -1.96. The summed E-state index contributed by atoms with van der Waals surface area (Å²) in [6, 6.07) is 12.9. The molecule has 2 aromatic rings. The van der Waals surface area contributed by atoms with Crippen molar-refractivity contribution in [1.29, 1.82) is 0 Å². The van der Waals surface area contributed by atoms with Crippen molar-refractivity contribution in [2.24, 2.45) is 0 Å². The average molecular weight is 276 g/mol. The summed E-state index contributed by atoms with van der Waals surface area (Å²) in [6.45, 7) is 0. The van der Waals surface area contributed by atoms with Gasteiger partial charge < -0.3 is 4.74 Å². The van der Waals surface area contributed by atoms with E-state index in [2.05, 4.69) is 0 Å². The number of carbonyl (C=O) groups excluding carboxylic acids is 1. The maximum absolute atomic E-state index is 11.3. The van der Waals surface area contributed by atoms with E-state index in [0.717, 1.165) is 6.26 Å². The fourth-order valence-corrected chi connectivity index (χ4v) is 2.18. The van der Waals surface area contributed by atoms with E-state index < -0.39 is 9.84 Å². The number of para-hydroxylation sites is 1. The van der Waals surface area contributed by atoms with Gasteiger partial charge in [-0.05, 0) is 36.4 Å². The molecule has 0 amide bonds. The van der Waals surface area contributed by atoms with Crippen LogP contribution in [0.5, 0.6) is 11.5 Å². The predicted molar refractivity (Wildman–Crippen MR) is 71.5 cm³/mol. The first kappa shape index (κ1) is 13.3. The quantitative estimate of drug-likeness (QED) is 0.805. The van der Waals surface area contributed by atoms with Gasteiger partial charge in [-0.2, -0.15) is 0 Å². The highest BCUT2D eigenvalue weighted by Crippen LogP contribution is 2.25. The third-order valence-corrected chi connectivity index (χ3v) is 3.65.